The monoisotopic (exact) mass is 409 g/mol. The van der Waals surface area contributed by atoms with Gasteiger partial charge in [-0.1, -0.05) is 77.6 Å². The summed E-state index contributed by atoms with van der Waals surface area (Å²) in [4.78, 5) is 37.1. The fourth-order valence-corrected chi connectivity index (χ4v) is 4.28. The molecule has 1 atom stereocenters. The van der Waals surface area contributed by atoms with Crippen LogP contribution in [-0.4, -0.2) is 40.3 Å². The second-order valence-electron chi connectivity index (χ2n) is 8.64. The minimum atomic E-state index is -0.703. The molecule has 1 heterocycles. The number of hydrogen-bond acceptors (Lipinski definition) is 3. The van der Waals surface area contributed by atoms with Crippen LogP contribution >= 0.6 is 0 Å². The van der Waals surface area contributed by atoms with Crippen LogP contribution in [0.1, 0.15) is 122 Å². The number of carboxylic acid groups (broad SMARTS) is 1. The third-order valence-corrected chi connectivity index (χ3v) is 6.06. The Morgan fingerprint density at radius 1 is 0.793 bits per heavy atom. The van der Waals surface area contributed by atoms with Crippen molar-refractivity contribution in [2.45, 2.75) is 129 Å². The molecule has 1 N–H and O–H groups in total. The fraction of sp³-hybridized carbons (Fsp3) is 0.875. The Kier molecular flexibility index (Phi) is 14.5. The molecule has 0 spiro atoms. The summed E-state index contributed by atoms with van der Waals surface area (Å²) < 4.78 is 0. The van der Waals surface area contributed by atoms with Crippen LogP contribution in [0.5, 0.6) is 0 Å². The first-order valence-electron chi connectivity index (χ1n) is 12.1. The molecule has 1 rings (SSSR count). The molecule has 29 heavy (non-hydrogen) atoms. The number of ketones is 1. The average molecular weight is 410 g/mol. The van der Waals surface area contributed by atoms with E-state index in [0.717, 1.165) is 77.2 Å². The molecule has 168 valence electrons. The van der Waals surface area contributed by atoms with E-state index < -0.39 is 5.97 Å². The Bertz CT molecular complexity index is 478. The topological polar surface area (TPSA) is 74.7 Å². The maximum absolute atomic E-state index is 12.5. The largest absolute Gasteiger partial charge is 0.481 e. The lowest BCUT2D eigenvalue weighted by Gasteiger charge is -2.24. The van der Waals surface area contributed by atoms with E-state index >= 15 is 0 Å². The first-order valence-corrected chi connectivity index (χ1v) is 12.1. The number of nitrogens with zero attached hydrogens (tertiary/aromatic N) is 1. The van der Waals surface area contributed by atoms with Gasteiger partial charge in [-0.05, 0) is 32.1 Å². The lowest BCUT2D eigenvalue weighted by molar-refractivity contribution is -0.145. The van der Waals surface area contributed by atoms with Crippen molar-refractivity contribution in [2.24, 2.45) is 0 Å². The number of unbranched alkanes of at least 4 members (excludes halogenated alkanes) is 11. The average Bonchev–Trinajstić information content (AvgIpc) is 3.16. The lowest BCUT2D eigenvalue weighted by Crippen LogP contribution is -2.40. The highest BCUT2D eigenvalue weighted by atomic mass is 16.4. The Labute approximate surface area is 177 Å². The van der Waals surface area contributed by atoms with Gasteiger partial charge in [0.2, 0.25) is 5.78 Å². The predicted octanol–water partition coefficient (Wildman–Crippen LogP) is 5.89. The number of carbonyl (C=O) groups is 3. The summed E-state index contributed by atoms with van der Waals surface area (Å²) in [6.07, 6.45) is 18.0. The summed E-state index contributed by atoms with van der Waals surface area (Å²) in [7, 11) is 0. The van der Waals surface area contributed by atoms with E-state index in [2.05, 4.69) is 6.92 Å². The summed E-state index contributed by atoms with van der Waals surface area (Å²) in [5.41, 5.74) is 0. The van der Waals surface area contributed by atoms with Crippen LogP contribution in [0.25, 0.3) is 0 Å². The number of amides is 1. The van der Waals surface area contributed by atoms with Gasteiger partial charge in [-0.2, -0.15) is 0 Å². The zero-order valence-corrected chi connectivity index (χ0v) is 18.6. The molecule has 1 amide bonds. The van der Waals surface area contributed by atoms with E-state index in [9.17, 15) is 14.4 Å². The van der Waals surface area contributed by atoms with Crippen molar-refractivity contribution in [2.75, 3.05) is 6.54 Å². The zero-order valence-electron chi connectivity index (χ0n) is 18.6. The number of carboxylic acids is 1. The van der Waals surface area contributed by atoms with Crippen molar-refractivity contribution in [3.8, 4) is 0 Å². The van der Waals surface area contributed by atoms with Gasteiger partial charge in [-0.25, -0.2) is 0 Å². The summed E-state index contributed by atoms with van der Waals surface area (Å²) in [6, 6.07) is 0.256. The molecule has 5 nitrogen and oxygen atoms in total. The number of aliphatic carboxylic acids is 1. The molecule has 1 aliphatic rings. The number of carbonyl (C=O) groups excluding carboxylic acids is 2. The molecule has 0 unspecified atom stereocenters. The van der Waals surface area contributed by atoms with Crippen molar-refractivity contribution in [1.82, 2.24) is 4.90 Å². The third-order valence-electron chi connectivity index (χ3n) is 6.06. The lowest BCUT2D eigenvalue weighted by atomic mass is 10.0. The van der Waals surface area contributed by atoms with Gasteiger partial charge in [-0.3, -0.25) is 14.4 Å². The Morgan fingerprint density at radius 3 is 1.97 bits per heavy atom. The van der Waals surface area contributed by atoms with E-state index in [0.29, 0.717) is 6.42 Å². The van der Waals surface area contributed by atoms with Gasteiger partial charge in [0.1, 0.15) is 0 Å². The normalized spacial score (nSPS) is 16.3. The van der Waals surface area contributed by atoms with Crippen LogP contribution in [0.2, 0.25) is 0 Å². The van der Waals surface area contributed by atoms with Crippen molar-refractivity contribution in [3.05, 3.63) is 0 Å². The third kappa shape index (κ3) is 12.0. The van der Waals surface area contributed by atoms with Gasteiger partial charge in [-0.15, -0.1) is 0 Å². The molecule has 1 fully saturated rings. The van der Waals surface area contributed by atoms with E-state index in [1.54, 1.807) is 0 Å². The Morgan fingerprint density at radius 2 is 1.34 bits per heavy atom. The molecule has 0 aromatic carbocycles. The summed E-state index contributed by atoms with van der Waals surface area (Å²) in [5.74, 6) is -1.13. The van der Waals surface area contributed by atoms with Crippen LogP contribution in [0.15, 0.2) is 0 Å². The molecular weight excluding hydrogens is 366 g/mol. The van der Waals surface area contributed by atoms with Gasteiger partial charge in [0.15, 0.2) is 0 Å². The fourth-order valence-electron chi connectivity index (χ4n) is 4.28. The molecule has 0 aliphatic carbocycles. The van der Waals surface area contributed by atoms with E-state index in [1.165, 1.54) is 32.1 Å². The molecule has 1 saturated heterocycles. The standard InChI is InChI=1S/C24H43NO4/c1-2-3-4-5-10-13-18-22(26)24(29)25-20-15-17-21(25)16-12-9-7-6-8-11-14-19-23(27)28/h21H,2-20H2,1H3,(H,27,28)/t21-/m0/s1. The van der Waals surface area contributed by atoms with Crippen LogP contribution in [0.3, 0.4) is 0 Å². The Hall–Kier alpha value is -1.39. The quantitative estimate of drug-likeness (QED) is 0.226. The van der Waals surface area contributed by atoms with Crippen molar-refractivity contribution in [3.63, 3.8) is 0 Å². The van der Waals surface area contributed by atoms with Crippen LogP contribution in [0, 0.1) is 0 Å². The van der Waals surface area contributed by atoms with Gasteiger partial charge in [0.25, 0.3) is 5.91 Å². The Balaban J connectivity index is 2.11. The summed E-state index contributed by atoms with van der Waals surface area (Å²) in [6.45, 7) is 2.94. The van der Waals surface area contributed by atoms with E-state index in [-0.39, 0.29) is 24.2 Å². The van der Waals surface area contributed by atoms with Gasteiger partial charge < -0.3 is 10.0 Å². The summed E-state index contributed by atoms with van der Waals surface area (Å²) >= 11 is 0. The van der Waals surface area contributed by atoms with Gasteiger partial charge >= 0.3 is 5.97 Å². The minimum absolute atomic E-state index is 0.186. The van der Waals surface area contributed by atoms with Crippen molar-refractivity contribution in [1.29, 1.82) is 0 Å². The minimum Gasteiger partial charge on any atom is -0.481 e. The van der Waals surface area contributed by atoms with E-state index in [4.69, 9.17) is 5.11 Å². The maximum Gasteiger partial charge on any atom is 0.303 e. The van der Waals surface area contributed by atoms with Gasteiger partial charge in [0, 0.05) is 25.4 Å². The molecule has 1 aliphatic heterocycles. The second-order valence-corrected chi connectivity index (χ2v) is 8.64. The highest BCUT2D eigenvalue weighted by molar-refractivity contribution is 6.36. The molecule has 5 heteroatoms. The van der Waals surface area contributed by atoms with Crippen LogP contribution in [0.4, 0.5) is 0 Å². The predicted molar refractivity (Wildman–Crippen MR) is 117 cm³/mol. The SMILES string of the molecule is CCCCCCCCC(=O)C(=O)N1CCC[C@@H]1CCCCCCCCCC(=O)O. The number of Topliss-reactive ketones (excluding diaryl/α,β-unsaturated/α-hetero) is 1. The van der Waals surface area contributed by atoms with E-state index in [1.807, 2.05) is 4.90 Å². The molecule has 0 aromatic rings. The first-order chi connectivity index (χ1) is 14.1. The van der Waals surface area contributed by atoms with Gasteiger partial charge in [0.05, 0.1) is 0 Å². The molecule has 0 saturated carbocycles. The van der Waals surface area contributed by atoms with Crippen molar-refractivity contribution < 1.29 is 19.5 Å². The summed E-state index contributed by atoms with van der Waals surface area (Å²) in [5, 5.41) is 8.62. The van der Waals surface area contributed by atoms with Crippen LogP contribution < -0.4 is 0 Å². The van der Waals surface area contributed by atoms with Crippen LogP contribution in [-0.2, 0) is 14.4 Å². The first kappa shape index (κ1) is 25.6. The number of hydrogen-bond donors (Lipinski definition) is 1. The second kappa shape index (κ2) is 16.4. The van der Waals surface area contributed by atoms with Crippen molar-refractivity contribution >= 4 is 17.7 Å². The smallest absolute Gasteiger partial charge is 0.303 e. The maximum atomic E-state index is 12.5. The zero-order chi connectivity index (χ0) is 21.3. The highest BCUT2D eigenvalue weighted by Crippen LogP contribution is 2.23. The highest BCUT2D eigenvalue weighted by Gasteiger charge is 2.31. The number of rotatable bonds is 18. The molecular formula is C24H43NO4. The molecule has 0 radical (unpaired) electrons. The number of likely N-dealkylation sites (tertiary alicyclic amines) is 1. The molecule has 0 aromatic heterocycles. The molecule has 0 bridgehead atoms.